The second-order valence-corrected chi connectivity index (χ2v) is 8.80. The maximum atomic E-state index is 12.4. The molecule has 1 saturated heterocycles. The Morgan fingerprint density at radius 1 is 1.23 bits per heavy atom. The van der Waals surface area contributed by atoms with Gasteiger partial charge in [0.2, 0.25) is 5.91 Å². The number of hydrogen-bond donors (Lipinski definition) is 1. The van der Waals surface area contributed by atoms with E-state index in [4.69, 9.17) is 4.74 Å². The Morgan fingerprint density at radius 2 is 1.88 bits per heavy atom. The molecule has 1 fully saturated rings. The lowest BCUT2D eigenvalue weighted by molar-refractivity contribution is -0.119. The van der Waals surface area contributed by atoms with Gasteiger partial charge in [-0.05, 0) is 58.1 Å². The molecule has 2 aliphatic rings. The van der Waals surface area contributed by atoms with Crippen molar-refractivity contribution in [2.75, 3.05) is 13.1 Å². The van der Waals surface area contributed by atoms with Crippen LogP contribution in [0.25, 0.3) is 0 Å². The Bertz CT molecular complexity index is 712. The number of amides is 2. The largest absolute Gasteiger partial charge is 0.444 e. The molecule has 3 rings (SSSR count). The zero-order valence-corrected chi connectivity index (χ0v) is 16.5. The molecule has 1 spiro atoms. The van der Waals surface area contributed by atoms with Crippen LogP contribution in [0.15, 0.2) is 18.2 Å². The van der Waals surface area contributed by atoms with Crippen molar-refractivity contribution in [1.29, 1.82) is 0 Å². The minimum Gasteiger partial charge on any atom is -0.444 e. The average Bonchev–Trinajstić information content (AvgIpc) is 2.78. The molecule has 5 nitrogen and oxygen atoms in total. The number of aryl methyl sites for hydroxylation is 1. The quantitative estimate of drug-likeness (QED) is 0.830. The van der Waals surface area contributed by atoms with Crippen molar-refractivity contribution in [2.24, 2.45) is 0 Å². The molecule has 1 heterocycles. The molecule has 142 valence electrons. The zero-order valence-electron chi connectivity index (χ0n) is 16.5. The first-order valence-corrected chi connectivity index (χ1v) is 9.46. The average molecular weight is 358 g/mol. The predicted molar refractivity (Wildman–Crippen MR) is 101 cm³/mol. The standard InChI is InChI=1S/C21H30N2O3/c1-14-6-7-17-16(12-14)18(22-15(2)24)13-21(17)8-10-23(11-9-21)19(25)26-20(3,4)5/h6-7,12,18H,8-11,13H2,1-5H3,(H,22,24)/t18-/m0/s1. The number of carbonyl (C=O) groups excluding carboxylic acids is 2. The lowest BCUT2D eigenvalue weighted by Crippen LogP contribution is -2.46. The van der Waals surface area contributed by atoms with Crippen molar-refractivity contribution < 1.29 is 14.3 Å². The fourth-order valence-corrected chi connectivity index (χ4v) is 4.36. The van der Waals surface area contributed by atoms with Crippen LogP contribution < -0.4 is 5.32 Å². The second-order valence-electron chi connectivity index (χ2n) is 8.80. The maximum absolute atomic E-state index is 12.4. The minimum atomic E-state index is -0.472. The molecule has 1 atom stereocenters. The molecule has 0 aromatic heterocycles. The van der Waals surface area contributed by atoms with Gasteiger partial charge in [-0.25, -0.2) is 4.79 Å². The van der Waals surface area contributed by atoms with E-state index in [9.17, 15) is 9.59 Å². The fourth-order valence-electron chi connectivity index (χ4n) is 4.36. The molecule has 1 N–H and O–H groups in total. The Kier molecular flexibility index (Phi) is 4.76. The van der Waals surface area contributed by atoms with E-state index in [2.05, 4.69) is 30.4 Å². The minimum absolute atomic E-state index is 0.00528. The molecule has 1 aliphatic heterocycles. The van der Waals surface area contributed by atoms with E-state index >= 15 is 0 Å². The Morgan fingerprint density at radius 3 is 2.46 bits per heavy atom. The van der Waals surface area contributed by atoms with Gasteiger partial charge in [0.1, 0.15) is 5.60 Å². The van der Waals surface area contributed by atoms with E-state index in [1.165, 1.54) is 16.7 Å². The second kappa shape index (κ2) is 6.60. The van der Waals surface area contributed by atoms with Crippen LogP contribution in [-0.4, -0.2) is 35.6 Å². The van der Waals surface area contributed by atoms with Crippen LogP contribution in [0.1, 0.15) is 69.7 Å². The van der Waals surface area contributed by atoms with Crippen LogP contribution >= 0.6 is 0 Å². The number of nitrogens with one attached hydrogen (secondary N) is 1. The smallest absolute Gasteiger partial charge is 0.410 e. The van der Waals surface area contributed by atoms with Gasteiger partial charge in [-0.15, -0.1) is 0 Å². The van der Waals surface area contributed by atoms with Crippen molar-refractivity contribution in [1.82, 2.24) is 10.2 Å². The number of hydrogen-bond acceptors (Lipinski definition) is 3. The summed E-state index contributed by atoms with van der Waals surface area (Å²) in [6, 6.07) is 6.63. The van der Waals surface area contributed by atoms with Crippen LogP contribution in [0, 0.1) is 6.92 Å². The predicted octanol–water partition coefficient (Wildman–Crippen LogP) is 3.84. The highest BCUT2D eigenvalue weighted by Gasteiger charge is 2.46. The van der Waals surface area contributed by atoms with Crippen LogP contribution in [-0.2, 0) is 14.9 Å². The van der Waals surface area contributed by atoms with E-state index in [1.54, 1.807) is 6.92 Å². The highest BCUT2D eigenvalue weighted by Crippen LogP contribution is 2.51. The number of carbonyl (C=O) groups is 2. The first kappa shape index (κ1) is 18.7. The van der Waals surface area contributed by atoms with Gasteiger partial charge in [0, 0.05) is 25.4 Å². The van der Waals surface area contributed by atoms with E-state index < -0.39 is 5.60 Å². The third-order valence-corrected chi connectivity index (χ3v) is 5.50. The molecule has 0 radical (unpaired) electrons. The van der Waals surface area contributed by atoms with Crippen molar-refractivity contribution in [3.63, 3.8) is 0 Å². The summed E-state index contributed by atoms with van der Waals surface area (Å²) in [5.74, 6) is 0.00528. The van der Waals surface area contributed by atoms with E-state index in [0.717, 1.165) is 19.3 Å². The molecule has 1 aromatic rings. The number of fused-ring (bicyclic) bond motifs is 2. The summed E-state index contributed by atoms with van der Waals surface area (Å²) in [6.07, 6.45) is 2.48. The number of benzene rings is 1. The summed E-state index contributed by atoms with van der Waals surface area (Å²) in [7, 11) is 0. The lowest BCUT2D eigenvalue weighted by Gasteiger charge is -2.40. The van der Waals surface area contributed by atoms with Crippen LogP contribution in [0.2, 0.25) is 0 Å². The van der Waals surface area contributed by atoms with Crippen LogP contribution in [0.4, 0.5) is 4.79 Å². The number of nitrogens with zero attached hydrogens (tertiary/aromatic N) is 1. The van der Waals surface area contributed by atoms with Crippen molar-refractivity contribution in [2.45, 2.75) is 70.9 Å². The van der Waals surface area contributed by atoms with E-state index in [0.29, 0.717) is 13.1 Å². The first-order chi connectivity index (χ1) is 12.1. The number of rotatable bonds is 1. The third kappa shape index (κ3) is 3.71. The zero-order chi connectivity index (χ0) is 19.1. The summed E-state index contributed by atoms with van der Waals surface area (Å²) >= 11 is 0. The molecule has 1 aromatic carbocycles. The van der Waals surface area contributed by atoms with Crippen LogP contribution in [0.3, 0.4) is 0 Å². The molecular weight excluding hydrogens is 328 g/mol. The van der Waals surface area contributed by atoms with Gasteiger partial charge < -0.3 is 15.0 Å². The topological polar surface area (TPSA) is 58.6 Å². The van der Waals surface area contributed by atoms with Crippen molar-refractivity contribution >= 4 is 12.0 Å². The lowest BCUT2D eigenvalue weighted by atomic mass is 9.73. The van der Waals surface area contributed by atoms with Gasteiger partial charge in [0.15, 0.2) is 0 Å². The Hall–Kier alpha value is -2.04. The van der Waals surface area contributed by atoms with Crippen LogP contribution in [0.5, 0.6) is 0 Å². The van der Waals surface area contributed by atoms with Crippen molar-refractivity contribution in [3.05, 3.63) is 34.9 Å². The number of likely N-dealkylation sites (tertiary alicyclic amines) is 1. The Balaban J connectivity index is 1.78. The first-order valence-electron chi connectivity index (χ1n) is 9.46. The molecule has 1 aliphatic carbocycles. The normalized spacial score (nSPS) is 21.4. The molecule has 0 unspecified atom stereocenters. The monoisotopic (exact) mass is 358 g/mol. The van der Waals surface area contributed by atoms with Gasteiger partial charge in [-0.2, -0.15) is 0 Å². The SMILES string of the molecule is CC(=O)N[C@H]1CC2(CCN(C(=O)OC(C)(C)C)CC2)c2ccc(C)cc21. The molecular formula is C21H30N2O3. The highest BCUT2D eigenvalue weighted by atomic mass is 16.6. The van der Waals surface area contributed by atoms with E-state index in [1.807, 2.05) is 25.7 Å². The number of piperidine rings is 1. The summed E-state index contributed by atoms with van der Waals surface area (Å²) < 4.78 is 5.52. The van der Waals surface area contributed by atoms with E-state index in [-0.39, 0.29) is 23.5 Å². The van der Waals surface area contributed by atoms with Gasteiger partial charge in [-0.1, -0.05) is 23.8 Å². The van der Waals surface area contributed by atoms with Gasteiger partial charge >= 0.3 is 6.09 Å². The summed E-state index contributed by atoms with van der Waals surface area (Å²) in [6.45, 7) is 10.7. The summed E-state index contributed by atoms with van der Waals surface area (Å²) in [5.41, 5.74) is 3.36. The van der Waals surface area contributed by atoms with Gasteiger partial charge in [0.05, 0.1) is 6.04 Å². The Labute approximate surface area is 156 Å². The van der Waals surface area contributed by atoms with Crippen molar-refractivity contribution in [3.8, 4) is 0 Å². The third-order valence-electron chi connectivity index (χ3n) is 5.50. The fraction of sp³-hybridized carbons (Fsp3) is 0.619. The molecule has 0 saturated carbocycles. The molecule has 0 bridgehead atoms. The van der Waals surface area contributed by atoms with Gasteiger partial charge in [0.25, 0.3) is 0 Å². The summed E-state index contributed by atoms with van der Waals surface area (Å²) in [4.78, 5) is 25.8. The summed E-state index contributed by atoms with van der Waals surface area (Å²) in [5, 5.41) is 3.12. The van der Waals surface area contributed by atoms with Gasteiger partial charge in [-0.3, -0.25) is 4.79 Å². The molecule has 5 heteroatoms. The molecule has 2 amide bonds. The molecule has 26 heavy (non-hydrogen) atoms. The highest BCUT2D eigenvalue weighted by molar-refractivity contribution is 5.74. The number of ether oxygens (including phenoxy) is 1. The maximum Gasteiger partial charge on any atom is 0.410 e.